The van der Waals surface area contributed by atoms with Crippen LogP contribution < -0.4 is 14.4 Å². The van der Waals surface area contributed by atoms with Crippen molar-refractivity contribution in [3.8, 4) is 22.8 Å². The van der Waals surface area contributed by atoms with Crippen molar-refractivity contribution in [2.45, 2.75) is 20.3 Å². The number of anilines is 1. The molecule has 0 fully saturated rings. The molecule has 0 aliphatic heterocycles. The van der Waals surface area contributed by atoms with Crippen molar-refractivity contribution < 1.29 is 23.4 Å². The molecule has 0 spiro atoms. The molecule has 3 aromatic rings. The minimum absolute atomic E-state index is 0.0890. The van der Waals surface area contributed by atoms with Crippen LogP contribution in [-0.2, 0) is 7.05 Å². The normalized spacial score (nSPS) is 11.6. The van der Waals surface area contributed by atoms with Gasteiger partial charge in [0.2, 0.25) is 0 Å². The number of ether oxygens (including phenoxy) is 2. The molecule has 1 aromatic carbocycles. The standard InChI is InChI=1S/C22H26F2N6O3/c1-13-22(28-16(11-25-13)15-10-26-29(3)12-15)30(7-6-8-31)14(2)27-21-19(23)17(32-4)9-18(33-5)20(21)24/h9-12,31H,6-8H2,1-5H3. The Kier molecular flexibility index (Phi) is 7.54. The van der Waals surface area contributed by atoms with Crippen molar-refractivity contribution in [3.05, 3.63) is 42.0 Å². The van der Waals surface area contributed by atoms with Crippen molar-refractivity contribution in [1.29, 1.82) is 0 Å². The van der Waals surface area contributed by atoms with E-state index in [0.717, 1.165) is 11.6 Å². The van der Waals surface area contributed by atoms with Crippen LogP contribution in [0.3, 0.4) is 0 Å². The molecule has 9 nitrogen and oxygen atoms in total. The first-order chi connectivity index (χ1) is 15.8. The zero-order valence-electron chi connectivity index (χ0n) is 19.1. The number of hydrogen-bond acceptors (Lipinski definition) is 7. The van der Waals surface area contributed by atoms with Crippen molar-refractivity contribution in [2.75, 3.05) is 32.3 Å². The number of hydrogen-bond donors (Lipinski definition) is 1. The van der Waals surface area contributed by atoms with E-state index >= 15 is 0 Å². The fourth-order valence-electron chi connectivity index (χ4n) is 3.23. The van der Waals surface area contributed by atoms with Gasteiger partial charge in [0.25, 0.3) is 0 Å². The number of nitrogens with zero attached hydrogens (tertiary/aromatic N) is 6. The number of rotatable bonds is 8. The fraction of sp³-hybridized carbons (Fsp3) is 0.364. The third kappa shape index (κ3) is 5.08. The molecule has 0 aliphatic carbocycles. The number of aryl methyl sites for hydroxylation is 2. The average molecular weight is 460 g/mol. The molecule has 0 atom stereocenters. The summed E-state index contributed by atoms with van der Waals surface area (Å²) >= 11 is 0. The van der Waals surface area contributed by atoms with Crippen LogP contribution in [0.4, 0.5) is 20.3 Å². The van der Waals surface area contributed by atoms with Gasteiger partial charge in [-0.1, -0.05) is 0 Å². The summed E-state index contributed by atoms with van der Waals surface area (Å²) in [4.78, 5) is 15.0. The van der Waals surface area contributed by atoms with Gasteiger partial charge in [0.15, 0.2) is 29.0 Å². The lowest BCUT2D eigenvalue weighted by Crippen LogP contribution is -2.32. The molecule has 33 heavy (non-hydrogen) atoms. The Morgan fingerprint density at radius 1 is 1.18 bits per heavy atom. The number of methoxy groups -OCH3 is 2. The molecule has 0 unspecified atom stereocenters. The zero-order valence-corrected chi connectivity index (χ0v) is 19.1. The Hall–Kier alpha value is -3.60. The van der Waals surface area contributed by atoms with Gasteiger partial charge < -0.3 is 19.5 Å². The van der Waals surface area contributed by atoms with E-state index in [1.165, 1.54) is 14.2 Å². The lowest BCUT2D eigenvalue weighted by Gasteiger charge is -2.25. The third-order valence-electron chi connectivity index (χ3n) is 4.94. The number of halogens is 2. The van der Waals surface area contributed by atoms with Crippen LogP contribution in [0.25, 0.3) is 11.3 Å². The molecule has 176 valence electrons. The fourth-order valence-corrected chi connectivity index (χ4v) is 3.23. The largest absolute Gasteiger partial charge is 0.493 e. The highest BCUT2D eigenvalue weighted by Crippen LogP contribution is 2.37. The minimum atomic E-state index is -0.954. The molecular weight excluding hydrogens is 434 g/mol. The molecule has 0 amide bonds. The van der Waals surface area contributed by atoms with Gasteiger partial charge in [-0.25, -0.2) is 18.8 Å². The highest BCUT2D eigenvalue weighted by molar-refractivity contribution is 5.97. The molecule has 0 saturated carbocycles. The topological polar surface area (TPSA) is 97.9 Å². The first-order valence-corrected chi connectivity index (χ1v) is 10.2. The highest BCUT2D eigenvalue weighted by atomic mass is 19.1. The second kappa shape index (κ2) is 10.3. The number of aromatic nitrogens is 4. The molecular formula is C22H26F2N6O3. The summed E-state index contributed by atoms with van der Waals surface area (Å²) in [6.45, 7) is 3.57. The number of aliphatic hydroxyl groups is 1. The predicted octanol–water partition coefficient (Wildman–Crippen LogP) is 3.42. The molecule has 3 rings (SSSR count). The van der Waals surface area contributed by atoms with Crippen LogP contribution in [0.5, 0.6) is 11.5 Å². The molecule has 0 radical (unpaired) electrons. The molecule has 0 aliphatic rings. The summed E-state index contributed by atoms with van der Waals surface area (Å²) in [6.07, 6.45) is 5.46. The van der Waals surface area contributed by atoms with E-state index in [1.54, 1.807) is 49.1 Å². The summed E-state index contributed by atoms with van der Waals surface area (Å²) in [7, 11) is 4.33. The summed E-state index contributed by atoms with van der Waals surface area (Å²) in [6, 6.07) is 1.12. The van der Waals surface area contributed by atoms with E-state index in [1.807, 2.05) is 0 Å². The maximum atomic E-state index is 14.9. The Labute approximate surface area is 190 Å². The van der Waals surface area contributed by atoms with Gasteiger partial charge >= 0.3 is 0 Å². The van der Waals surface area contributed by atoms with E-state index in [9.17, 15) is 13.9 Å². The monoisotopic (exact) mass is 460 g/mol. The highest BCUT2D eigenvalue weighted by Gasteiger charge is 2.22. The van der Waals surface area contributed by atoms with Crippen LogP contribution in [0.15, 0.2) is 29.6 Å². The van der Waals surface area contributed by atoms with Crippen LogP contribution in [0.1, 0.15) is 19.0 Å². The molecule has 2 aromatic heterocycles. The molecule has 11 heteroatoms. The number of benzene rings is 1. The maximum Gasteiger partial charge on any atom is 0.193 e. The van der Waals surface area contributed by atoms with Gasteiger partial charge in [0, 0.05) is 38.0 Å². The number of amidine groups is 1. The summed E-state index contributed by atoms with van der Waals surface area (Å²) < 4.78 is 41.4. The van der Waals surface area contributed by atoms with E-state index in [4.69, 9.17) is 14.5 Å². The van der Waals surface area contributed by atoms with Gasteiger partial charge in [0.1, 0.15) is 11.5 Å². The van der Waals surface area contributed by atoms with E-state index < -0.39 is 17.3 Å². The van der Waals surface area contributed by atoms with Gasteiger partial charge in [-0.15, -0.1) is 0 Å². The van der Waals surface area contributed by atoms with Crippen molar-refractivity contribution in [1.82, 2.24) is 19.7 Å². The smallest absolute Gasteiger partial charge is 0.193 e. The van der Waals surface area contributed by atoms with E-state index in [2.05, 4.69) is 15.1 Å². The molecule has 1 N–H and O–H groups in total. The van der Waals surface area contributed by atoms with Crippen molar-refractivity contribution >= 4 is 17.3 Å². The first-order valence-electron chi connectivity index (χ1n) is 10.2. The van der Waals surface area contributed by atoms with Crippen LogP contribution in [0.2, 0.25) is 0 Å². The molecule has 2 heterocycles. The summed E-state index contributed by atoms with van der Waals surface area (Å²) in [5, 5.41) is 13.6. The van der Waals surface area contributed by atoms with Crippen LogP contribution in [-0.4, -0.2) is 58.1 Å². The minimum Gasteiger partial charge on any atom is -0.493 e. The van der Waals surface area contributed by atoms with E-state index in [-0.39, 0.29) is 23.9 Å². The second-order valence-corrected chi connectivity index (χ2v) is 7.21. The van der Waals surface area contributed by atoms with Gasteiger partial charge in [-0.3, -0.25) is 9.67 Å². The quantitative estimate of drug-likeness (QED) is 0.406. The summed E-state index contributed by atoms with van der Waals surface area (Å²) in [5.74, 6) is -1.61. The lowest BCUT2D eigenvalue weighted by atomic mass is 10.2. The average Bonchev–Trinajstić information content (AvgIpc) is 3.24. The zero-order chi connectivity index (χ0) is 24.1. The SMILES string of the molecule is COc1cc(OC)c(F)c(N=C(C)N(CCCO)c2nc(-c3cnn(C)c3)cnc2C)c1F. The van der Waals surface area contributed by atoms with Crippen LogP contribution in [0, 0.1) is 18.6 Å². The Morgan fingerprint density at radius 2 is 1.85 bits per heavy atom. The Balaban J connectivity index is 2.12. The van der Waals surface area contributed by atoms with Crippen molar-refractivity contribution in [2.24, 2.45) is 12.0 Å². The number of aliphatic imine (C=N–C) groups is 1. The molecule has 0 bridgehead atoms. The first kappa shape index (κ1) is 24.1. The maximum absolute atomic E-state index is 14.9. The second-order valence-electron chi connectivity index (χ2n) is 7.21. The van der Waals surface area contributed by atoms with Gasteiger partial charge in [-0.05, 0) is 20.3 Å². The molecule has 0 saturated heterocycles. The Bertz CT molecular complexity index is 1140. The van der Waals surface area contributed by atoms with Gasteiger partial charge in [0.05, 0.1) is 38.0 Å². The lowest BCUT2D eigenvalue weighted by molar-refractivity contribution is 0.291. The third-order valence-corrected chi connectivity index (χ3v) is 4.94. The number of aliphatic hydroxyl groups excluding tert-OH is 1. The predicted molar refractivity (Wildman–Crippen MR) is 120 cm³/mol. The van der Waals surface area contributed by atoms with Crippen molar-refractivity contribution in [3.63, 3.8) is 0 Å². The van der Waals surface area contributed by atoms with E-state index in [0.29, 0.717) is 30.2 Å². The summed E-state index contributed by atoms with van der Waals surface area (Å²) in [5.41, 5.74) is 1.37. The van der Waals surface area contributed by atoms with Crippen LogP contribution >= 0.6 is 0 Å². The van der Waals surface area contributed by atoms with Gasteiger partial charge in [-0.2, -0.15) is 5.10 Å². The Morgan fingerprint density at radius 3 is 2.39 bits per heavy atom.